The summed E-state index contributed by atoms with van der Waals surface area (Å²) in [5.41, 5.74) is 0.785. The Hall–Kier alpha value is -2.18. The van der Waals surface area contributed by atoms with Crippen LogP contribution >= 0.6 is 0 Å². The number of imidazole rings is 1. The molecule has 0 radical (unpaired) electrons. The molecular formula is C13H18N4O3. The Kier molecular flexibility index (Phi) is 4.49. The Labute approximate surface area is 116 Å². The number of nitrogens with zero attached hydrogens (tertiary/aromatic N) is 1. The third kappa shape index (κ3) is 3.43. The largest absolute Gasteiger partial charge is 0.348 e. The second kappa shape index (κ2) is 6.31. The summed E-state index contributed by atoms with van der Waals surface area (Å²) in [5.74, 6) is -0.475. The lowest BCUT2D eigenvalue weighted by Gasteiger charge is -2.19. The summed E-state index contributed by atoms with van der Waals surface area (Å²) in [6.07, 6.45) is 4.70. The fourth-order valence-electron chi connectivity index (χ4n) is 2.19. The van der Waals surface area contributed by atoms with E-state index in [0.717, 1.165) is 5.69 Å². The number of carbonyl (C=O) groups is 3. The molecule has 0 saturated carbocycles. The van der Waals surface area contributed by atoms with Crippen LogP contribution in [0.2, 0.25) is 0 Å². The lowest BCUT2D eigenvalue weighted by molar-refractivity contribution is -0.129. The van der Waals surface area contributed by atoms with Gasteiger partial charge >= 0.3 is 0 Å². The summed E-state index contributed by atoms with van der Waals surface area (Å²) in [7, 11) is 0. The first-order valence-corrected chi connectivity index (χ1v) is 6.70. The summed E-state index contributed by atoms with van der Waals surface area (Å²) in [4.78, 5) is 41.9. The van der Waals surface area contributed by atoms with Crippen molar-refractivity contribution in [1.82, 2.24) is 20.6 Å². The van der Waals surface area contributed by atoms with Crippen LogP contribution in [0.25, 0.3) is 0 Å². The number of H-pyrrole nitrogens is 1. The predicted octanol–water partition coefficient (Wildman–Crippen LogP) is -0.305. The molecule has 1 unspecified atom stereocenters. The molecule has 1 fully saturated rings. The van der Waals surface area contributed by atoms with Crippen molar-refractivity contribution in [2.75, 3.05) is 0 Å². The van der Waals surface area contributed by atoms with E-state index in [1.54, 1.807) is 13.1 Å². The Bertz CT molecular complexity index is 498. The van der Waals surface area contributed by atoms with E-state index in [1.807, 2.05) is 0 Å². The number of aromatic amines is 1. The van der Waals surface area contributed by atoms with Crippen LogP contribution in [0.3, 0.4) is 0 Å². The molecule has 0 aromatic carbocycles. The maximum absolute atomic E-state index is 12.0. The van der Waals surface area contributed by atoms with Crippen LogP contribution in [-0.4, -0.2) is 39.6 Å². The van der Waals surface area contributed by atoms with Crippen LogP contribution in [0, 0.1) is 0 Å². The highest BCUT2D eigenvalue weighted by Crippen LogP contribution is 2.08. The van der Waals surface area contributed by atoms with Gasteiger partial charge in [0.25, 0.3) is 0 Å². The molecule has 1 saturated heterocycles. The van der Waals surface area contributed by atoms with E-state index < -0.39 is 12.1 Å². The zero-order chi connectivity index (χ0) is 14.5. The first kappa shape index (κ1) is 14.2. The van der Waals surface area contributed by atoms with Gasteiger partial charge in [-0.25, -0.2) is 4.98 Å². The molecule has 1 aromatic rings. The Morgan fingerprint density at radius 3 is 2.90 bits per heavy atom. The standard InChI is InChI=1S/C13H18N4O3/c1-2-11(18)10(5-8-6-14-7-15-8)17-13(20)9-3-4-12(19)16-9/h6-7,9-10H,2-5H2,1H3,(H,14,15)(H,16,19)(H,17,20)/t9?,10-/m0/s1. The van der Waals surface area contributed by atoms with Crippen molar-refractivity contribution >= 4 is 17.6 Å². The van der Waals surface area contributed by atoms with E-state index in [2.05, 4.69) is 20.6 Å². The number of ketones is 1. The van der Waals surface area contributed by atoms with E-state index in [9.17, 15) is 14.4 Å². The number of aromatic nitrogens is 2. The second-order valence-corrected chi connectivity index (χ2v) is 4.82. The third-order valence-corrected chi connectivity index (χ3v) is 3.34. The van der Waals surface area contributed by atoms with Crippen LogP contribution in [0.5, 0.6) is 0 Å². The van der Waals surface area contributed by atoms with Gasteiger partial charge in [0.2, 0.25) is 11.8 Å². The summed E-state index contributed by atoms with van der Waals surface area (Å²) in [6.45, 7) is 1.76. The van der Waals surface area contributed by atoms with Gasteiger partial charge in [-0.3, -0.25) is 14.4 Å². The van der Waals surface area contributed by atoms with Gasteiger partial charge in [-0.05, 0) is 6.42 Å². The molecule has 3 N–H and O–H groups in total. The van der Waals surface area contributed by atoms with Gasteiger partial charge in [-0.15, -0.1) is 0 Å². The average molecular weight is 278 g/mol. The zero-order valence-electron chi connectivity index (χ0n) is 11.3. The van der Waals surface area contributed by atoms with Gasteiger partial charge in [0.15, 0.2) is 5.78 Å². The summed E-state index contributed by atoms with van der Waals surface area (Å²) < 4.78 is 0. The lowest BCUT2D eigenvalue weighted by atomic mass is 10.0. The highest BCUT2D eigenvalue weighted by atomic mass is 16.2. The fraction of sp³-hybridized carbons (Fsp3) is 0.538. The van der Waals surface area contributed by atoms with Gasteiger partial charge in [0.05, 0.1) is 12.4 Å². The van der Waals surface area contributed by atoms with Gasteiger partial charge in [-0.2, -0.15) is 0 Å². The smallest absolute Gasteiger partial charge is 0.243 e. The third-order valence-electron chi connectivity index (χ3n) is 3.34. The molecular weight excluding hydrogens is 260 g/mol. The van der Waals surface area contributed by atoms with Crippen LogP contribution in [0.15, 0.2) is 12.5 Å². The number of carbonyl (C=O) groups excluding carboxylic acids is 3. The first-order chi connectivity index (χ1) is 9.60. The van der Waals surface area contributed by atoms with Gasteiger partial charge in [0, 0.05) is 31.2 Å². The number of hydrogen-bond donors (Lipinski definition) is 3. The van der Waals surface area contributed by atoms with E-state index >= 15 is 0 Å². The predicted molar refractivity (Wildman–Crippen MR) is 70.7 cm³/mol. The summed E-state index contributed by atoms with van der Waals surface area (Å²) in [5, 5.41) is 5.31. The number of hydrogen-bond acceptors (Lipinski definition) is 4. The van der Waals surface area contributed by atoms with Crippen molar-refractivity contribution < 1.29 is 14.4 Å². The molecule has 20 heavy (non-hydrogen) atoms. The summed E-state index contributed by atoms with van der Waals surface area (Å²) >= 11 is 0. The maximum Gasteiger partial charge on any atom is 0.243 e. The average Bonchev–Trinajstić information content (AvgIpc) is 3.08. The quantitative estimate of drug-likeness (QED) is 0.664. The van der Waals surface area contributed by atoms with E-state index in [4.69, 9.17) is 0 Å². The maximum atomic E-state index is 12.0. The monoisotopic (exact) mass is 278 g/mol. The SMILES string of the molecule is CCC(=O)[C@H](Cc1cnc[nH]1)NC(=O)C1CCC(=O)N1. The van der Waals surface area contributed by atoms with Crippen LogP contribution in [0.1, 0.15) is 31.9 Å². The first-order valence-electron chi connectivity index (χ1n) is 6.70. The molecule has 2 atom stereocenters. The minimum Gasteiger partial charge on any atom is -0.348 e. The Morgan fingerprint density at radius 2 is 2.35 bits per heavy atom. The van der Waals surface area contributed by atoms with E-state index in [0.29, 0.717) is 25.7 Å². The Balaban J connectivity index is 1.98. The van der Waals surface area contributed by atoms with Crippen molar-refractivity contribution in [3.63, 3.8) is 0 Å². The highest BCUT2D eigenvalue weighted by molar-refractivity contribution is 5.94. The molecule has 0 aliphatic carbocycles. The summed E-state index contributed by atoms with van der Waals surface area (Å²) in [6, 6.07) is -1.12. The molecule has 0 bridgehead atoms. The van der Waals surface area contributed by atoms with Gasteiger partial charge in [-0.1, -0.05) is 6.92 Å². The molecule has 0 spiro atoms. The van der Waals surface area contributed by atoms with Crippen molar-refractivity contribution in [3.8, 4) is 0 Å². The highest BCUT2D eigenvalue weighted by Gasteiger charge is 2.30. The van der Waals surface area contributed by atoms with Gasteiger partial charge in [0.1, 0.15) is 6.04 Å². The number of nitrogens with one attached hydrogen (secondary N) is 3. The molecule has 108 valence electrons. The molecule has 2 amide bonds. The molecule has 1 aliphatic heterocycles. The van der Waals surface area contributed by atoms with Gasteiger partial charge < -0.3 is 15.6 Å². The Morgan fingerprint density at radius 1 is 1.55 bits per heavy atom. The zero-order valence-corrected chi connectivity index (χ0v) is 11.3. The van der Waals surface area contributed by atoms with Crippen molar-refractivity contribution in [2.45, 2.75) is 44.7 Å². The minimum atomic E-state index is -0.592. The topological polar surface area (TPSA) is 104 Å². The second-order valence-electron chi connectivity index (χ2n) is 4.82. The van der Waals surface area contributed by atoms with Crippen LogP contribution < -0.4 is 10.6 Å². The van der Waals surface area contributed by atoms with Crippen molar-refractivity contribution in [3.05, 3.63) is 18.2 Å². The number of amides is 2. The number of Topliss-reactive ketones (excluding diaryl/α,β-unsaturated/α-hetero) is 1. The van der Waals surface area contributed by atoms with E-state index in [-0.39, 0.29) is 17.6 Å². The molecule has 1 aromatic heterocycles. The van der Waals surface area contributed by atoms with E-state index in [1.165, 1.54) is 6.33 Å². The fourth-order valence-corrected chi connectivity index (χ4v) is 2.19. The van der Waals surface area contributed by atoms with Crippen molar-refractivity contribution in [1.29, 1.82) is 0 Å². The number of rotatable bonds is 6. The minimum absolute atomic E-state index is 0.0442. The normalized spacial score (nSPS) is 19.4. The molecule has 2 rings (SSSR count). The molecule has 1 aliphatic rings. The van der Waals surface area contributed by atoms with Crippen LogP contribution in [0.4, 0.5) is 0 Å². The van der Waals surface area contributed by atoms with Crippen LogP contribution in [-0.2, 0) is 20.8 Å². The lowest BCUT2D eigenvalue weighted by Crippen LogP contribution is -2.49. The van der Waals surface area contributed by atoms with Crippen molar-refractivity contribution in [2.24, 2.45) is 0 Å². The molecule has 2 heterocycles. The molecule has 7 heteroatoms. The molecule has 7 nitrogen and oxygen atoms in total.